The monoisotopic (exact) mass is 250 g/mol. The van der Waals surface area contributed by atoms with Crippen molar-refractivity contribution in [2.45, 2.75) is 25.4 Å². The largest absolute Gasteiger partial charge is 0.391 e. The summed E-state index contributed by atoms with van der Waals surface area (Å²) in [7, 11) is 0. The van der Waals surface area contributed by atoms with Gasteiger partial charge in [0.1, 0.15) is 0 Å². The number of piperidine rings is 1. The lowest BCUT2D eigenvalue weighted by Crippen LogP contribution is -2.47. The molecule has 2 fully saturated rings. The minimum atomic E-state index is -4.10. The van der Waals surface area contributed by atoms with Crippen molar-refractivity contribution >= 4 is 5.91 Å². The normalized spacial score (nSPS) is 23.6. The van der Waals surface area contributed by atoms with Gasteiger partial charge in [0.25, 0.3) is 0 Å². The van der Waals surface area contributed by atoms with E-state index in [1.54, 1.807) is 4.90 Å². The zero-order valence-corrected chi connectivity index (χ0v) is 9.59. The third kappa shape index (κ3) is 3.12. The first kappa shape index (κ1) is 12.7. The number of carbonyl (C=O) groups excluding carboxylic acids is 1. The fraction of sp³-hybridized carbons (Fsp3) is 0.909. The van der Waals surface area contributed by atoms with Crippen LogP contribution in [0.25, 0.3) is 0 Å². The van der Waals surface area contributed by atoms with E-state index in [0.717, 1.165) is 13.1 Å². The van der Waals surface area contributed by atoms with Crippen LogP contribution in [0, 0.1) is 11.8 Å². The lowest BCUT2D eigenvalue weighted by atomic mass is 9.94. The van der Waals surface area contributed by atoms with Crippen molar-refractivity contribution in [2.75, 3.05) is 26.2 Å². The summed E-state index contributed by atoms with van der Waals surface area (Å²) in [6.45, 7) is 2.21. The quantitative estimate of drug-likeness (QED) is 0.803. The highest BCUT2D eigenvalue weighted by atomic mass is 19.4. The Morgan fingerprint density at radius 2 is 1.82 bits per heavy atom. The van der Waals surface area contributed by atoms with Crippen LogP contribution in [-0.2, 0) is 4.79 Å². The Bertz CT molecular complexity index is 281. The van der Waals surface area contributed by atoms with Gasteiger partial charge in [-0.1, -0.05) is 0 Å². The van der Waals surface area contributed by atoms with E-state index in [-0.39, 0.29) is 31.8 Å². The summed E-state index contributed by atoms with van der Waals surface area (Å²) in [5.41, 5.74) is 0. The summed E-state index contributed by atoms with van der Waals surface area (Å²) in [5, 5.41) is 3.08. The smallest absolute Gasteiger partial charge is 0.343 e. The van der Waals surface area contributed by atoms with Crippen LogP contribution < -0.4 is 5.32 Å². The number of halogens is 3. The number of amides is 1. The van der Waals surface area contributed by atoms with Gasteiger partial charge >= 0.3 is 6.18 Å². The SMILES string of the molecule is O=C(CC1CNC1)N1CCC(C(F)(F)F)CC1. The number of hydrogen-bond acceptors (Lipinski definition) is 2. The molecule has 2 aliphatic heterocycles. The number of likely N-dealkylation sites (tertiary alicyclic amines) is 1. The van der Waals surface area contributed by atoms with Crippen molar-refractivity contribution in [3.8, 4) is 0 Å². The highest BCUT2D eigenvalue weighted by molar-refractivity contribution is 5.76. The van der Waals surface area contributed by atoms with E-state index < -0.39 is 12.1 Å². The predicted molar refractivity (Wildman–Crippen MR) is 56.3 cm³/mol. The maximum absolute atomic E-state index is 12.4. The van der Waals surface area contributed by atoms with Gasteiger partial charge in [-0.2, -0.15) is 13.2 Å². The molecule has 0 aromatic heterocycles. The summed E-state index contributed by atoms with van der Waals surface area (Å²) in [4.78, 5) is 13.4. The Morgan fingerprint density at radius 1 is 1.24 bits per heavy atom. The van der Waals surface area contributed by atoms with Crippen LogP contribution >= 0.6 is 0 Å². The van der Waals surface area contributed by atoms with Crippen LogP contribution in [0.15, 0.2) is 0 Å². The molecule has 0 radical (unpaired) electrons. The Balaban J connectivity index is 1.76. The number of alkyl halides is 3. The number of carbonyl (C=O) groups is 1. The second kappa shape index (κ2) is 4.84. The summed E-state index contributed by atoms with van der Waals surface area (Å²) in [5.74, 6) is -0.836. The van der Waals surface area contributed by atoms with Gasteiger partial charge < -0.3 is 10.2 Å². The zero-order chi connectivity index (χ0) is 12.5. The maximum atomic E-state index is 12.4. The Morgan fingerprint density at radius 3 is 2.24 bits per heavy atom. The van der Waals surface area contributed by atoms with E-state index >= 15 is 0 Å². The summed E-state index contributed by atoms with van der Waals surface area (Å²) < 4.78 is 37.3. The second-order valence-electron chi connectivity index (χ2n) is 4.93. The lowest BCUT2D eigenvalue weighted by molar-refractivity contribution is -0.186. The van der Waals surface area contributed by atoms with Crippen LogP contribution in [0.1, 0.15) is 19.3 Å². The Hall–Kier alpha value is -0.780. The van der Waals surface area contributed by atoms with Crippen molar-refractivity contribution in [3.63, 3.8) is 0 Å². The van der Waals surface area contributed by atoms with Gasteiger partial charge in [0, 0.05) is 19.5 Å². The molecule has 2 aliphatic rings. The summed E-state index contributed by atoms with van der Waals surface area (Å²) in [6, 6.07) is 0. The second-order valence-corrected chi connectivity index (χ2v) is 4.93. The van der Waals surface area contributed by atoms with Crippen LogP contribution in [0.4, 0.5) is 13.2 Å². The van der Waals surface area contributed by atoms with Gasteiger partial charge in [-0.25, -0.2) is 0 Å². The molecular formula is C11H17F3N2O. The average molecular weight is 250 g/mol. The molecule has 17 heavy (non-hydrogen) atoms. The predicted octanol–water partition coefficient (Wildman–Crippen LogP) is 1.40. The molecule has 6 heteroatoms. The third-order valence-corrected chi connectivity index (χ3v) is 3.64. The van der Waals surface area contributed by atoms with Crippen LogP contribution in [-0.4, -0.2) is 43.2 Å². The van der Waals surface area contributed by atoms with Gasteiger partial charge in [0.2, 0.25) is 5.91 Å². The molecular weight excluding hydrogens is 233 g/mol. The molecule has 3 nitrogen and oxygen atoms in total. The molecule has 0 saturated carbocycles. The molecule has 1 amide bonds. The molecule has 0 unspecified atom stereocenters. The molecule has 98 valence electrons. The van der Waals surface area contributed by atoms with E-state index in [1.807, 2.05) is 0 Å². The molecule has 2 saturated heterocycles. The third-order valence-electron chi connectivity index (χ3n) is 3.64. The Labute approximate surface area is 98.3 Å². The summed E-state index contributed by atoms with van der Waals surface area (Å²) in [6.07, 6.45) is -3.52. The minimum Gasteiger partial charge on any atom is -0.343 e. The van der Waals surface area contributed by atoms with Crippen molar-refractivity contribution in [3.05, 3.63) is 0 Å². The van der Waals surface area contributed by atoms with E-state index in [1.165, 1.54) is 0 Å². The first-order valence-corrected chi connectivity index (χ1v) is 6.02. The molecule has 0 spiro atoms. The zero-order valence-electron chi connectivity index (χ0n) is 9.59. The first-order valence-electron chi connectivity index (χ1n) is 6.02. The lowest BCUT2D eigenvalue weighted by Gasteiger charge is -2.35. The molecule has 2 rings (SSSR count). The van der Waals surface area contributed by atoms with Crippen molar-refractivity contribution < 1.29 is 18.0 Å². The van der Waals surface area contributed by atoms with E-state index in [2.05, 4.69) is 5.32 Å². The maximum Gasteiger partial charge on any atom is 0.391 e. The van der Waals surface area contributed by atoms with E-state index in [9.17, 15) is 18.0 Å². The fourth-order valence-electron chi connectivity index (χ4n) is 2.33. The van der Waals surface area contributed by atoms with Crippen molar-refractivity contribution in [1.82, 2.24) is 10.2 Å². The first-order chi connectivity index (χ1) is 7.97. The van der Waals surface area contributed by atoms with E-state index in [0.29, 0.717) is 12.3 Å². The molecule has 0 aliphatic carbocycles. The van der Waals surface area contributed by atoms with Crippen molar-refractivity contribution in [2.24, 2.45) is 11.8 Å². The van der Waals surface area contributed by atoms with Gasteiger partial charge in [0.15, 0.2) is 0 Å². The van der Waals surface area contributed by atoms with Gasteiger partial charge in [0.05, 0.1) is 5.92 Å². The Kier molecular flexibility index (Phi) is 3.61. The molecule has 2 heterocycles. The molecule has 0 bridgehead atoms. The number of hydrogen-bond donors (Lipinski definition) is 1. The van der Waals surface area contributed by atoms with Crippen LogP contribution in [0.3, 0.4) is 0 Å². The standard InChI is InChI=1S/C11H17F3N2O/c12-11(13,14)9-1-3-16(4-2-9)10(17)5-8-6-15-7-8/h8-9,15H,1-7H2. The molecule has 0 aromatic rings. The minimum absolute atomic E-state index is 0.0112. The summed E-state index contributed by atoms with van der Waals surface area (Å²) >= 11 is 0. The van der Waals surface area contributed by atoms with Crippen molar-refractivity contribution in [1.29, 1.82) is 0 Å². The average Bonchev–Trinajstić information content (AvgIpc) is 2.22. The highest BCUT2D eigenvalue weighted by Crippen LogP contribution is 2.34. The fourth-order valence-corrected chi connectivity index (χ4v) is 2.33. The van der Waals surface area contributed by atoms with Crippen LogP contribution in [0.5, 0.6) is 0 Å². The van der Waals surface area contributed by atoms with E-state index in [4.69, 9.17) is 0 Å². The number of nitrogens with zero attached hydrogens (tertiary/aromatic N) is 1. The van der Waals surface area contributed by atoms with Gasteiger partial charge in [-0.3, -0.25) is 4.79 Å². The number of nitrogens with one attached hydrogen (secondary N) is 1. The highest BCUT2D eigenvalue weighted by Gasteiger charge is 2.41. The molecule has 0 atom stereocenters. The van der Waals surface area contributed by atoms with Crippen LogP contribution in [0.2, 0.25) is 0 Å². The molecule has 0 aromatic carbocycles. The van der Waals surface area contributed by atoms with Gasteiger partial charge in [-0.15, -0.1) is 0 Å². The number of rotatable bonds is 2. The topological polar surface area (TPSA) is 32.3 Å². The van der Waals surface area contributed by atoms with Gasteiger partial charge in [-0.05, 0) is 31.8 Å². The molecule has 1 N–H and O–H groups in total.